The van der Waals surface area contributed by atoms with Crippen LogP contribution < -0.4 is 10.6 Å². The summed E-state index contributed by atoms with van der Waals surface area (Å²) in [5, 5.41) is 4.91. The van der Waals surface area contributed by atoms with Gasteiger partial charge in [-0.3, -0.25) is 14.4 Å². The van der Waals surface area contributed by atoms with Gasteiger partial charge in [0.05, 0.1) is 12.8 Å². The van der Waals surface area contributed by atoms with Gasteiger partial charge in [0.1, 0.15) is 19.8 Å². The molecule has 0 atom stereocenters. The van der Waals surface area contributed by atoms with E-state index in [-0.39, 0.29) is 50.2 Å². The topological polar surface area (TPSA) is 93.7 Å². The van der Waals surface area contributed by atoms with E-state index in [1.165, 1.54) is 0 Å². The molecule has 0 fully saturated rings. The van der Waals surface area contributed by atoms with Gasteiger partial charge in [-0.1, -0.05) is 13.8 Å². The molecule has 0 aromatic heterocycles. The van der Waals surface area contributed by atoms with E-state index in [9.17, 15) is 14.4 Å². The first-order chi connectivity index (χ1) is 9.32. The Morgan fingerprint density at radius 1 is 0.900 bits per heavy atom. The maximum absolute atomic E-state index is 11.3. The smallest absolute Gasteiger partial charge is 0.247 e. The predicted molar refractivity (Wildman–Crippen MR) is 72.9 cm³/mol. The van der Waals surface area contributed by atoms with Crippen molar-refractivity contribution in [3.8, 4) is 0 Å². The number of hydrogen-bond donors (Lipinski definition) is 2. The minimum Gasteiger partial charge on any atom is -0.369 e. The SMILES string of the molecule is CC(C)OCC(=O)NCNC(=O)COCC(=O)C(C)C. The molecular weight excluding hydrogens is 264 g/mol. The minimum atomic E-state index is -0.397. The summed E-state index contributed by atoms with van der Waals surface area (Å²) in [5.41, 5.74) is 0. The Morgan fingerprint density at radius 3 is 1.95 bits per heavy atom. The van der Waals surface area contributed by atoms with Gasteiger partial charge in [0, 0.05) is 5.92 Å². The van der Waals surface area contributed by atoms with Gasteiger partial charge in [-0.25, -0.2) is 0 Å². The van der Waals surface area contributed by atoms with Crippen LogP contribution in [-0.4, -0.2) is 50.2 Å². The molecule has 2 amide bonds. The molecule has 20 heavy (non-hydrogen) atoms. The third-order valence-electron chi connectivity index (χ3n) is 2.24. The van der Waals surface area contributed by atoms with Crippen molar-refractivity contribution in [3.63, 3.8) is 0 Å². The van der Waals surface area contributed by atoms with Gasteiger partial charge < -0.3 is 20.1 Å². The number of carbonyl (C=O) groups is 3. The summed E-state index contributed by atoms with van der Waals surface area (Å²) in [6.45, 7) is 6.83. The number of hydrogen-bond acceptors (Lipinski definition) is 5. The van der Waals surface area contributed by atoms with Crippen molar-refractivity contribution in [1.29, 1.82) is 0 Å². The molecule has 0 aliphatic heterocycles. The van der Waals surface area contributed by atoms with Crippen molar-refractivity contribution in [1.82, 2.24) is 10.6 Å². The highest BCUT2D eigenvalue weighted by Gasteiger charge is 2.09. The molecule has 0 bridgehead atoms. The minimum absolute atomic E-state index is 0.000604. The largest absolute Gasteiger partial charge is 0.369 e. The molecule has 0 spiro atoms. The lowest BCUT2D eigenvalue weighted by molar-refractivity contribution is -0.131. The predicted octanol–water partition coefficient (Wildman–Crippen LogP) is -0.157. The fourth-order valence-corrected chi connectivity index (χ4v) is 0.997. The number of ketones is 1. The third-order valence-corrected chi connectivity index (χ3v) is 2.24. The number of carbonyl (C=O) groups excluding carboxylic acids is 3. The molecule has 0 aromatic carbocycles. The highest BCUT2D eigenvalue weighted by molar-refractivity contribution is 5.82. The molecule has 0 saturated carbocycles. The van der Waals surface area contributed by atoms with E-state index in [0.717, 1.165) is 0 Å². The van der Waals surface area contributed by atoms with Crippen molar-refractivity contribution < 1.29 is 23.9 Å². The van der Waals surface area contributed by atoms with Crippen LogP contribution in [0.3, 0.4) is 0 Å². The van der Waals surface area contributed by atoms with Crippen LogP contribution >= 0.6 is 0 Å². The summed E-state index contributed by atoms with van der Waals surface area (Å²) < 4.78 is 10.0. The Labute approximate surface area is 119 Å². The number of rotatable bonds is 10. The summed E-state index contributed by atoms with van der Waals surface area (Å²) in [7, 11) is 0. The summed E-state index contributed by atoms with van der Waals surface area (Å²) in [4.78, 5) is 33.8. The average Bonchev–Trinajstić information content (AvgIpc) is 2.36. The molecule has 0 aliphatic rings. The zero-order valence-electron chi connectivity index (χ0n) is 12.5. The first kappa shape index (κ1) is 18.5. The van der Waals surface area contributed by atoms with Crippen LogP contribution in [0.5, 0.6) is 0 Å². The van der Waals surface area contributed by atoms with Crippen LogP contribution in [0.15, 0.2) is 0 Å². The fraction of sp³-hybridized carbons (Fsp3) is 0.769. The Hall–Kier alpha value is -1.47. The summed E-state index contributed by atoms with van der Waals surface area (Å²) in [6.07, 6.45) is -0.0257. The molecule has 7 nitrogen and oxygen atoms in total. The first-order valence-corrected chi connectivity index (χ1v) is 6.58. The molecular formula is C13H24N2O5. The zero-order chi connectivity index (χ0) is 15.5. The lowest BCUT2D eigenvalue weighted by Gasteiger charge is -2.10. The van der Waals surface area contributed by atoms with Gasteiger partial charge in [-0.2, -0.15) is 0 Å². The number of nitrogens with one attached hydrogen (secondary N) is 2. The highest BCUT2D eigenvalue weighted by atomic mass is 16.5. The van der Waals surface area contributed by atoms with Gasteiger partial charge in [0.25, 0.3) is 0 Å². The summed E-state index contributed by atoms with van der Waals surface area (Å²) in [5.74, 6) is -0.878. The fourth-order valence-electron chi connectivity index (χ4n) is 0.997. The van der Waals surface area contributed by atoms with Gasteiger partial charge >= 0.3 is 0 Å². The highest BCUT2D eigenvalue weighted by Crippen LogP contribution is 1.94. The van der Waals surface area contributed by atoms with Gasteiger partial charge in [-0.15, -0.1) is 0 Å². The maximum Gasteiger partial charge on any atom is 0.247 e. The summed E-state index contributed by atoms with van der Waals surface area (Å²) in [6, 6.07) is 0. The van der Waals surface area contributed by atoms with Crippen molar-refractivity contribution in [3.05, 3.63) is 0 Å². The average molecular weight is 288 g/mol. The van der Waals surface area contributed by atoms with Gasteiger partial charge in [-0.05, 0) is 13.8 Å². The lowest BCUT2D eigenvalue weighted by Crippen LogP contribution is -2.40. The molecule has 0 aliphatic carbocycles. The first-order valence-electron chi connectivity index (χ1n) is 6.58. The molecule has 0 radical (unpaired) electrons. The monoisotopic (exact) mass is 288 g/mol. The number of Topliss-reactive ketones (excluding diaryl/α,β-unsaturated/α-hetero) is 1. The Bertz CT molecular complexity index is 329. The lowest BCUT2D eigenvalue weighted by atomic mass is 10.1. The maximum atomic E-state index is 11.3. The molecule has 0 rings (SSSR count). The summed E-state index contributed by atoms with van der Waals surface area (Å²) >= 11 is 0. The number of amides is 2. The van der Waals surface area contributed by atoms with Crippen LogP contribution in [0.2, 0.25) is 0 Å². The zero-order valence-corrected chi connectivity index (χ0v) is 12.5. The van der Waals surface area contributed by atoms with Gasteiger partial charge in [0.15, 0.2) is 5.78 Å². The second-order valence-corrected chi connectivity index (χ2v) is 4.85. The van der Waals surface area contributed by atoms with E-state index in [0.29, 0.717) is 0 Å². The normalized spacial score (nSPS) is 10.7. The van der Waals surface area contributed by atoms with Crippen molar-refractivity contribution in [2.75, 3.05) is 26.5 Å². The molecule has 0 heterocycles. The molecule has 116 valence electrons. The second-order valence-electron chi connectivity index (χ2n) is 4.85. The van der Waals surface area contributed by atoms with Crippen LogP contribution in [0, 0.1) is 5.92 Å². The quantitative estimate of drug-likeness (QED) is 0.545. The van der Waals surface area contributed by atoms with Gasteiger partial charge in [0.2, 0.25) is 11.8 Å². The van der Waals surface area contributed by atoms with E-state index in [1.807, 2.05) is 13.8 Å². The van der Waals surface area contributed by atoms with E-state index in [2.05, 4.69) is 10.6 Å². The molecule has 0 saturated heterocycles. The van der Waals surface area contributed by atoms with E-state index >= 15 is 0 Å². The second kappa shape index (κ2) is 10.3. The molecule has 0 unspecified atom stereocenters. The number of ether oxygens (including phenoxy) is 2. The van der Waals surface area contributed by atoms with Crippen molar-refractivity contribution in [2.45, 2.75) is 33.8 Å². The van der Waals surface area contributed by atoms with Crippen LogP contribution in [0.25, 0.3) is 0 Å². The van der Waals surface area contributed by atoms with E-state index in [1.54, 1.807) is 13.8 Å². The van der Waals surface area contributed by atoms with Crippen LogP contribution in [0.4, 0.5) is 0 Å². The molecule has 2 N–H and O–H groups in total. The van der Waals surface area contributed by atoms with Crippen LogP contribution in [0.1, 0.15) is 27.7 Å². The Balaban J connectivity index is 3.59. The molecule has 7 heteroatoms. The van der Waals surface area contributed by atoms with E-state index < -0.39 is 5.91 Å². The van der Waals surface area contributed by atoms with Crippen molar-refractivity contribution in [2.24, 2.45) is 5.92 Å². The van der Waals surface area contributed by atoms with Crippen molar-refractivity contribution >= 4 is 17.6 Å². The van der Waals surface area contributed by atoms with E-state index in [4.69, 9.17) is 9.47 Å². The third kappa shape index (κ3) is 10.5. The standard InChI is InChI=1S/C13H24N2O5/c1-9(2)11(16)5-19-6-12(17)14-8-15-13(18)7-20-10(3)4/h9-10H,5-8H2,1-4H3,(H,14,17)(H,15,18). The molecule has 0 aromatic rings. The Morgan fingerprint density at radius 2 is 1.45 bits per heavy atom. The van der Waals surface area contributed by atoms with Crippen LogP contribution in [-0.2, 0) is 23.9 Å². The Kier molecular flexibility index (Phi) is 9.57.